The lowest BCUT2D eigenvalue weighted by Crippen LogP contribution is -2.25. The van der Waals surface area contributed by atoms with Crippen molar-refractivity contribution < 1.29 is 14.8 Å². The van der Waals surface area contributed by atoms with Crippen molar-refractivity contribution in [2.45, 2.75) is 38.5 Å². The van der Waals surface area contributed by atoms with Crippen LogP contribution in [0.25, 0.3) is 0 Å². The fourth-order valence-electron chi connectivity index (χ4n) is 3.56. The van der Waals surface area contributed by atoms with Gasteiger partial charge >= 0.3 is 0 Å². The molecular weight excluding hydrogens is 384 g/mol. The van der Waals surface area contributed by atoms with E-state index in [0.29, 0.717) is 17.5 Å². The summed E-state index contributed by atoms with van der Waals surface area (Å²) in [6, 6.07) is 11.6. The lowest BCUT2D eigenvalue weighted by Gasteiger charge is -2.24. The minimum absolute atomic E-state index is 0.0131. The fourth-order valence-corrected chi connectivity index (χ4v) is 3.56. The molecule has 1 heterocycles. The molecule has 0 bridgehead atoms. The quantitative estimate of drug-likeness (QED) is 0.410. The summed E-state index contributed by atoms with van der Waals surface area (Å²) in [6.45, 7) is 1.79. The maximum Gasteiger partial charge on any atom is 0.270 e. The highest BCUT2D eigenvalue weighted by Crippen LogP contribution is 2.26. The third kappa shape index (κ3) is 5.79. The summed E-state index contributed by atoms with van der Waals surface area (Å²) >= 11 is 0. The number of hydrogen-bond acceptors (Lipinski definition) is 6. The number of aryl methyl sites for hydroxylation is 1. The van der Waals surface area contributed by atoms with E-state index in [0.717, 1.165) is 31.6 Å². The van der Waals surface area contributed by atoms with E-state index in [1.54, 1.807) is 30.3 Å². The van der Waals surface area contributed by atoms with E-state index in [4.69, 9.17) is 0 Å². The third-order valence-electron chi connectivity index (χ3n) is 5.17. The predicted molar refractivity (Wildman–Crippen MR) is 116 cm³/mol. The van der Waals surface area contributed by atoms with Crippen LogP contribution in [0.4, 0.5) is 11.4 Å². The van der Waals surface area contributed by atoms with Crippen molar-refractivity contribution in [3.8, 4) is 5.75 Å². The number of nitrogens with one attached hydrogen (secondary N) is 1. The zero-order valence-corrected chi connectivity index (χ0v) is 16.8. The largest absolute Gasteiger partial charge is 0.508 e. The molecule has 3 rings (SSSR count). The molecule has 1 fully saturated rings. The summed E-state index contributed by atoms with van der Waals surface area (Å²) in [4.78, 5) is 25.1. The average Bonchev–Trinajstić information content (AvgIpc) is 3.02. The highest BCUT2D eigenvalue weighted by atomic mass is 16.6. The van der Waals surface area contributed by atoms with Gasteiger partial charge in [-0.2, -0.15) is 5.10 Å². The van der Waals surface area contributed by atoms with Crippen LogP contribution in [0.1, 0.15) is 43.2 Å². The van der Waals surface area contributed by atoms with Crippen molar-refractivity contribution in [1.82, 2.24) is 5.43 Å². The number of benzene rings is 2. The molecular formula is C22H26N4O4. The lowest BCUT2D eigenvalue weighted by atomic mass is 10.1. The number of hydrazone groups is 1. The number of hydrogen-bond donors (Lipinski definition) is 2. The molecule has 8 heteroatoms. The summed E-state index contributed by atoms with van der Waals surface area (Å²) in [7, 11) is 0. The molecule has 2 aromatic carbocycles. The molecule has 1 amide bonds. The molecule has 0 spiro atoms. The van der Waals surface area contributed by atoms with Gasteiger partial charge in [0.15, 0.2) is 0 Å². The molecule has 0 unspecified atom stereocenters. The number of carbonyl (C=O) groups excluding carboxylic acids is 1. The third-order valence-corrected chi connectivity index (χ3v) is 5.17. The van der Waals surface area contributed by atoms with Crippen molar-refractivity contribution in [3.63, 3.8) is 0 Å². The minimum atomic E-state index is -0.436. The van der Waals surface area contributed by atoms with Crippen LogP contribution in [0, 0.1) is 10.1 Å². The monoisotopic (exact) mass is 410 g/mol. The number of non-ortho nitro benzene ring substituents is 1. The van der Waals surface area contributed by atoms with Gasteiger partial charge in [-0.1, -0.05) is 31.0 Å². The van der Waals surface area contributed by atoms with Gasteiger partial charge in [-0.25, -0.2) is 5.43 Å². The van der Waals surface area contributed by atoms with Crippen LogP contribution in [0.2, 0.25) is 0 Å². The smallest absolute Gasteiger partial charge is 0.270 e. The van der Waals surface area contributed by atoms with Crippen molar-refractivity contribution in [2.24, 2.45) is 5.10 Å². The first-order chi connectivity index (χ1) is 14.5. The second-order valence-electron chi connectivity index (χ2n) is 7.32. The van der Waals surface area contributed by atoms with E-state index >= 15 is 0 Å². The van der Waals surface area contributed by atoms with Crippen molar-refractivity contribution >= 4 is 23.5 Å². The van der Waals surface area contributed by atoms with Crippen molar-refractivity contribution in [2.75, 3.05) is 18.0 Å². The van der Waals surface area contributed by atoms with Gasteiger partial charge in [0.2, 0.25) is 5.91 Å². The molecule has 0 aliphatic carbocycles. The molecule has 0 atom stereocenters. The number of nitro groups is 1. The highest BCUT2D eigenvalue weighted by Gasteiger charge is 2.16. The van der Waals surface area contributed by atoms with E-state index in [1.807, 2.05) is 0 Å². The maximum absolute atomic E-state index is 12.1. The second kappa shape index (κ2) is 10.4. The van der Waals surface area contributed by atoms with Crippen LogP contribution in [-0.4, -0.2) is 35.2 Å². The van der Waals surface area contributed by atoms with E-state index in [2.05, 4.69) is 15.4 Å². The van der Waals surface area contributed by atoms with Gasteiger partial charge < -0.3 is 10.0 Å². The molecule has 8 nitrogen and oxygen atoms in total. The number of phenols is 1. The molecule has 0 saturated carbocycles. The lowest BCUT2D eigenvalue weighted by molar-refractivity contribution is -0.384. The summed E-state index contributed by atoms with van der Waals surface area (Å²) in [5, 5.41) is 25.0. The van der Waals surface area contributed by atoms with Crippen LogP contribution in [0.15, 0.2) is 47.6 Å². The number of aromatic hydroxyl groups is 1. The van der Waals surface area contributed by atoms with E-state index < -0.39 is 4.92 Å². The summed E-state index contributed by atoms with van der Waals surface area (Å²) in [5.74, 6) is -0.135. The second-order valence-corrected chi connectivity index (χ2v) is 7.32. The molecule has 0 radical (unpaired) electrons. The Morgan fingerprint density at radius 2 is 1.90 bits per heavy atom. The summed E-state index contributed by atoms with van der Waals surface area (Å²) < 4.78 is 0. The van der Waals surface area contributed by atoms with Crippen LogP contribution >= 0.6 is 0 Å². The number of phenolic OH excluding ortho intramolecular Hbond substituents is 1. The molecule has 1 saturated heterocycles. The highest BCUT2D eigenvalue weighted by molar-refractivity contribution is 5.90. The first kappa shape index (κ1) is 21.3. The van der Waals surface area contributed by atoms with Crippen LogP contribution in [-0.2, 0) is 11.2 Å². The van der Waals surface area contributed by atoms with Gasteiger partial charge in [-0.05, 0) is 37.0 Å². The van der Waals surface area contributed by atoms with Gasteiger partial charge in [0.1, 0.15) is 5.75 Å². The Kier molecular flexibility index (Phi) is 7.37. The normalized spacial score (nSPS) is 14.5. The molecule has 2 N–H and O–H groups in total. The first-order valence-electron chi connectivity index (χ1n) is 10.2. The Morgan fingerprint density at radius 3 is 2.60 bits per heavy atom. The minimum Gasteiger partial charge on any atom is -0.508 e. The number of amides is 1. The zero-order chi connectivity index (χ0) is 21.3. The van der Waals surface area contributed by atoms with Crippen molar-refractivity contribution in [3.05, 3.63) is 63.7 Å². The van der Waals surface area contributed by atoms with Crippen LogP contribution in [0.3, 0.4) is 0 Å². The Labute approximate surface area is 175 Å². The van der Waals surface area contributed by atoms with Gasteiger partial charge in [-0.15, -0.1) is 0 Å². The number of rotatable bonds is 7. The summed E-state index contributed by atoms with van der Waals surface area (Å²) in [6.07, 6.45) is 6.55. The van der Waals surface area contributed by atoms with Crippen LogP contribution in [0.5, 0.6) is 5.75 Å². The van der Waals surface area contributed by atoms with Crippen molar-refractivity contribution in [1.29, 1.82) is 0 Å². The Hall–Kier alpha value is -3.42. The molecule has 0 aromatic heterocycles. The van der Waals surface area contributed by atoms with E-state index in [9.17, 15) is 20.0 Å². The van der Waals surface area contributed by atoms with Gasteiger partial charge in [0.25, 0.3) is 5.69 Å². The Bertz CT molecular complexity index is 921. The molecule has 158 valence electrons. The molecule has 30 heavy (non-hydrogen) atoms. The number of para-hydroxylation sites is 1. The maximum atomic E-state index is 12.1. The van der Waals surface area contributed by atoms with Gasteiger partial charge in [0, 0.05) is 42.9 Å². The number of nitrogens with zero attached hydrogens (tertiary/aromatic N) is 3. The van der Waals surface area contributed by atoms with Crippen LogP contribution < -0.4 is 10.3 Å². The van der Waals surface area contributed by atoms with E-state index in [-0.39, 0.29) is 23.8 Å². The Morgan fingerprint density at radius 1 is 1.17 bits per heavy atom. The SMILES string of the molecule is O=C(CCc1ccccc1O)N/N=C\c1cc([N+](=O)[O-])ccc1N1CCCCCC1. The summed E-state index contributed by atoms with van der Waals surface area (Å²) in [5.41, 5.74) is 4.64. The standard InChI is InChI=1S/C22H26N4O4/c27-21-8-4-3-7-17(21)9-12-22(28)24-23-16-18-15-19(26(29)30)10-11-20(18)25-13-5-1-2-6-14-25/h3-4,7-8,10-11,15-16,27H,1-2,5-6,9,12-14H2,(H,24,28)/b23-16-. The number of carbonyl (C=O) groups is 1. The molecule has 1 aliphatic rings. The molecule has 2 aromatic rings. The first-order valence-corrected chi connectivity index (χ1v) is 10.2. The predicted octanol–water partition coefficient (Wildman–Crippen LogP) is 3.76. The Balaban J connectivity index is 1.67. The number of anilines is 1. The molecule has 1 aliphatic heterocycles. The van der Waals surface area contributed by atoms with Gasteiger partial charge in [-0.3, -0.25) is 14.9 Å². The average molecular weight is 410 g/mol. The zero-order valence-electron chi connectivity index (χ0n) is 16.8. The fraction of sp³-hybridized carbons (Fsp3) is 0.364. The van der Waals surface area contributed by atoms with Gasteiger partial charge in [0.05, 0.1) is 11.1 Å². The number of nitro benzene ring substituents is 1. The van der Waals surface area contributed by atoms with E-state index in [1.165, 1.54) is 31.2 Å². The topological polar surface area (TPSA) is 108 Å².